The summed E-state index contributed by atoms with van der Waals surface area (Å²) in [6.07, 6.45) is 4.01. The fourth-order valence-corrected chi connectivity index (χ4v) is 3.35. The zero-order valence-electron chi connectivity index (χ0n) is 16.0. The number of methoxy groups -OCH3 is 2. The van der Waals surface area contributed by atoms with Crippen molar-refractivity contribution >= 4 is 17.4 Å². The van der Waals surface area contributed by atoms with Gasteiger partial charge in [-0.3, -0.25) is 14.8 Å². The van der Waals surface area contributed by atoms with Crippen molar-refractivity contribution in [1.82, 2.24) is 15.2 Å². The van der Waals surface area contributed by atoms with E-state index in [4.69, 9.17) is 9.47 Å². The van der Waals surface area contributed by atoms with E-state index in [1.54, 1.807) is 29.4 Å². The molecule has 3 aromatic rings. The van der Waals surface area contributed by atoms with Crippen molar-refractivity contribution < 1.29 is 18.7 Å². The molecule has 8 nitrogen and oxygen atoms in total. The van der Waals surface area contributed by atoms with Crippen LogP contribution in [0.15, 0.2) is 42.7 Å². The third-order valence-corrected chi connectivity index (χ3v) is 4.82. The molecule has 1 unspecified atom stereocenters. The van der Waals surface area contributed by atoms with Crippen LogP contribution in [0.4, 0.5) is 15.9 Å². The molecule has 0 aliphatic carbocycles. The second-order valence-electron chi connectivity index (χ2n) is 6.54. The van der Waals surface area contributed by atoms with Gasteiger partial charge < -0.3 is 14.8 Å². The quantitative estimate of drug-likeness (QED) is 0.665. The summed E-state index contributed by atoms with van der Waals surface area (Å²) in [5.41, 5.74) is 2.24. The molecule has 3 heterocycles. The number of ether oxygens (including phenoxy) is 2. The lowest BCUT2D eigenvalue weighted by molar-refractivity contribution is -0.117. The number of aromatic amines is 1. The number of carbonyl (C=O) groups is 1. The van der Waals surface area contributed by atoms with Crippen molar-refractivity contribution in [3.63, 3.8) is 0 Å². The van der Waals surface area contributed by atoms with Crippen molar-refractivity contribution in [3.8, 4) is 22.8 Å². The molecule has 9 heteroatoms. The normalized spacial score (nSPS) is 16.2. The maximum Gasteiger partial charge on any atom is 0.250 e. The number of nitrogens with one attached hydrogen (secondary N) is 2. The monoisotopic (exact) mass is 397 g/mol. The molecule has 0 spiro atoms. The van der Waals surface area contributed by atoms with Crippen molar-refractivity contribution in [2.75, 3.05) is 31.0 Å². The number of rotatable bonds is 6. The second-order valence-corrected chi connectivity index (χ2v) is 6.54. The number of amides is 1. The standard InChI is InChI=1S/C20H20FN5O3/c1-28-17-9-13(3-5-15(17)21)24-16-7-8-26(20(16)27)18-6-4-14(19(25-18)29-2)12-10-22-23-11-12/h3-6,9-11,16,24H,7-8H2,1-2H3,(H,22,23). The summed E-state index contributed by atoms with van der Waals surface area (Å²) in [5, 5.41) is 9.84. The molecule has 1 saturated heterocycles. The Morgan fingerprint density at radius 3 is 2.83 bits per heavy atom. The minimum Gasteiger partial charge on any atom is -0.494 e. The number of benzene rings is 1. The van der Waals surface area contributed by atoms with Gasteiger partial charge in [0.25, 0.3) is 5.91 Å². The molecule has 0 bridgehead atoms. The first-order valence-corrected chi connectivity index (χ1v) is 9.06. The molecule has 0 radical (unpaired) electrons. The summed E-state index contributed by atoms with van der Waals surface area (Å²) < 4.78 is 24.0. The fourth-order valence-electron chi connectivity index (χ4n) is 3.35. The molecule has 4 rings (SSSR count). The average Bonchev–Trinajstić information content (AvgIpc) is 3.39. The number of anilines is 2. The van der Waals surface area contributed by atoms with Gasteiger partial charge >= 0.3 is 0 Å². The van der Waals surface area contributed by atoms with Crippen molar-refractivity contribution in [3.05, 3.63) is 48.5 Å². The minimum atomic E-state index is -0.452. The molecule has 1 atom stereocenters. The number of pyridine rings is 1. The second kappa shape index (κ2) is 7.78. The van der Waals surface area contributed by atoms with Gasteiger partial charge in [-0.15, -0.1) is 0 Å². The zero-order valence-corrected chi connectivity index (χ0v) is 16.0. The maximum atomic E-state index is 13.6. The lowest BCUT2D eigenvalue weighted by Crippen LogP contribution is -2.34. The summed E-state index contributed by atoms with van der Waals surface area (Å²) in [5.74, 6) is 0.486. The smallest absolute Gasteiger partial charge is 0.250 e. The van der Waals surface area contributed by atoms with Gasteiger partial charge in [0, 0.05) is 35.6 Å². The lowest BCUT2D eigenvalue weighted by atomic mass is 10.1. The first-order chi connectivity index (χ1) is 14.1. The van der Waals surface area contributed by atoms with Crippen LogP contribution in [0, 0.1) is 5.82 Å². The van der Waals surface area contributed by atoms with Gasteiger partial charge in [0.2, 0.25) is 5.88 Å². The number of hydrogen-bond acceptors (Lipinski definition) is 6. The Morgan fingerprint density at radius 1 is 1.24 bits per heavy atom. The highest BCUT2D eigenvalue weighted by atomic mass is 19.1. The third kappa shape index (κ3) is 3.58. The van der Waals surface area contributed by atoms with Crippen molar-refractivity contribution in [2.24, 2.45) is 0 Å². The van der Waals surface area contributed by atoms with Gasteiger partial charge in [-0.25, -0.2) is 4.39 Å². The van der Waals surface area contributed by atoms with Gasteiger partial charge in [0.05, 0.1) is 20.4 Å². The summed E-state index contributed by atoms with van der Waals surface area (Å²) >= 11 is 0. The molecule has 1 aliphatic rings. The Morgan fingerprint density at radius 2 is 2.10 bits per heavy atom. The summed E-state index contributed by atoms with van der Waals surface area (Å²) in [4.78, 5) is 19.0. The molecule has 150 valence electrons. The van der Waals surface area contributed by atoms with Crippen LogP contribution >= 0.6 is 0 Å². The van der Waals surface area contributed by atoms with Gasteiger partial charge in [0.15, 0.2) is 11.6 Å². The Bertz CT molecular complexity index is 1020. The molecule has 1 aliphatic heterocycles. The van der Waals surface area contributed by atoms with Gasteiger partial charge in [-0.1, -0.05) is 0 Å². The van der Waals surface area contributed by atoms with Gasteiger partial charge in [-0.2, -0.15) is 10.1 Å². The van der Waals surface area contributed by atoms with E-state index in [-0.39, 0.29) is 11.7 Å². The van der Waals surface area contributed by atoms with E-state index in [1.165, 1.54) is 26.4 Å². The van der Waals surface area contributed by atoms with Crippen LogP contribution in [0.3, 0.4) is 0 Å². The highest BCUT2D eigenvalue weighted by Crippen LogP contribution is 2.32. The third-order valence-electron chi connectivity index (χ3n) is 4.82. The molecule has 1 fully saturated rings. The molecular weight excluding hydrogens is 377 g/mol. The topological polar surface area (TPSA) is 92.4 Å². The number of H-pyrrole nitrogens is 1. The van der Waals surface area contributed by atoms with Crippen LogP contribution in [0.1, 0.15) is 6.42 Å². The Balaban J connectivity index is 1.53. The number of aromatic nitrogens is 3. The van der Waals surface area contributed by atoms with Crippen molar-refractivity contribution in [2.45, 2.75) is 12.5 Å². The molecule has 0 saturated carbocycles. The van der Waals surface area contributed by atoms with Crippen LogP contribution in [-0.2, 0) is 4.79 Å². The molecule has 1 aromatic carbocycles. The first kappa shape index (κ1) is 18.7. The van der Waals surface area contributed by atoms with Crippen molar-refractivity contribution in [1.29, 1.82) is 0 Å². The lowest BCUT2D eigenvalue weighted by Gasteiger charge is -2.18. The van der Waals surface area contributed by atoms with E-state index in [9.17, 15) is 9.18 Å². The summed E-state index contributed by atoms with van der Waals surface area (Å²) in [6, 6.07) is 7.61. The molecule has 2 aromatic heterocycles. The zero-order chi connectivity index (χ0) is 20.4. The molecule has 29 heavy (non-hydrogen) atoms. The Labute approximate surface area is 166 Å². The Kier molecular flexibility index (Phi) is 5.03. The highest BCUT2D eigenvalue weighted by molar-refractivity contribution is 6.00. The van der Waals surface area contributed by atoms with Crippen LogP contribution < -0.4 is 19.7 Å². The first-order valence-electron chi connectivity index (χ1n) is 9.06. The van der Waals surface area contributed by atoms with Crippen LogP contribution in [0.5, 0.6) is 11.6 Å². The predicted octanol–water partition coefficient (Wildman–Crippen LogP) is 2.85. The number of carbonyl (C=O) groups excluding carboxylic acids is 1. The van der Waals surface area contributed by atoms with E-state index in [1.807, 2.05) is 6.07 Å². The van der Waals surface area contributed by atoms with E-state index in [0.717, 1.165) is 11.1 Å². The number of nitrogens with zero attached hydrogens (tertiary/aromatic N) is 3. The van der Waals surface area contributed by atoms with E-state index in [2.05, 4.69) is 20.5 Å². The molecule has 1 amide bonds. The van der Waals surface area contributed by atoms with E-state index in [0.29, 0.717) is 30.4 Å². The number of hydrogen-bond donors (Lipinski definition) is 2. The van der Waals surface area contributed by atoms with Crippen LogP contribution in [-0.4, -0.2) is 47.9 Å². The van der Waals surface area contributed by atoms with Gasteiger partial charge in [0.1, 0.15) is 11.9 Å². The van der Waals surface area contributed by atoms with E-state index < -0.39 is 11.9 Å². The van der Waals surface area contributed by atoms with Gasteiger partial charge in [-0.05, 0) is 30.7 Å². The number of halogens is 1. The average molecular weight is 397 g/mol. The fraction of sp³-hybridized carbons (Fsp3) is 0.250. The SMILES string of the molecule is COc1cc(NC2CCN(c3ccc(-c4cn[nH]c4)c(OC)n3)C2=O)ccc1F. The maximum absolute atomic E-state index is 13.6. The molecular formula is C20H20FN5O3. The van der Waals surface area contributed by atoms with E-state index >= 15 is 0 Å². The molecule has 2 N–H and O–H groups in total. The Hall–Kier alpha value is -3.62. The summed E-state index contributed by atoms with van der Waals surface area (Å²) in [6.45, 7) is 0.510. The predicted molar refractivity (Wildman–Crippen MR) is 106 cm³/mol. The highest BCUT2D eigenvalue weighted by Gasteiger charge is 2.33. The van der Waals surface area contributed by atoms with Crippen LogP contribution in [0.25, 0.3) is 11.1 Å². The summed E-state index contributed by atoms with van der Waals surface area (Å²) in [7, 11) is 2.94. The minimum absolute atomic E-state index is 0.112. The van der Waals surface area contributed by atoms with Crippen LogP contribution in [0.2, 0.25) is 0 Å². The largest absolute Gasteiger partial charge is 0.494 e.